The van der Waals surface area contributed by atoms with E-state index in [0.29, 0.717) is 37.4 Å². The number of amides is 1. The number of anilines is 2. The van der Waals surface area contributed by atoms with Crippen LogP contribution in [-0.2, 0) is 4.79 Å². The topological polar surface area (TPSA) is 65.5 Å². The summed E-state index contributed by atoms with van der Waals surface area (Å²) in [5.41, 5.74) is 1.73. The molecule has 2 aromatic rings. The summed E-state index contributed by atoms with van der Waals surface area (Å²) in [6, 6.07) is 6.47. The molecule has 28 heavy (non-hydrogen) atoms. The molecule has 3 rings (SSSR count). The molecule has 0 bridgehead atoms. The van der Waals surface area contributed by atoms with Crippen LogP contribution in [0, 0.1) is 12.7 Å². The Morgan fingerprint density at radius 3 is 2.46 bits per heavy atom. The second-order valence-corrected chi connectivity index (χ2v) is 7.86. The molecule has 1 amide bonds. The summed E-state index contributed by atoms with van der Waals surface area (Å²) < 4.78 is 13.0. The number of halogens is 1. The van der Waals surface area contributed by atoms with Gasteiger partial charge in [-0.2, -0.15) is 0 Å². The van der Waals surface area contributed by atoms with E-state index >= 15 is 0 Å². The highest BCUT2D eigenvalue weighted by molar-refractivity contribution is 7.17. The maximum Gasteiger partial charge on any atom is 0.222 e. The summed E-state index contributed by atoms with van der Waals surface area (Å²) in [6.07, 6.45) is 1.19. The number of benzene rings is 1. The van der Waals surface area contributed by atoms with Crippen LogP contribution in [0.15, 0.2) is 24.3 Å². The van der Waals surface area contributed by atoms with Crippen molar-refractivity contribution in [1.82, 2.24) is 9.88 Å². The van der Waals surface area contributed by atoms with E-state index in [2.05, 4.69) is 15.2 Å². The first-order valence-corrected chi connectivity index (χ1v) is 10.3. The Bertz CT molecular complexity index is 829. The minimum Gasteiger partial charge on any atom is -0.368 e. The molecule has 1 saturated heterocycles. The third kappa shape index (κ3) is 5.07. The molecule has 0 saturated carbocycles. The van der Waals surface area contributed by atoms with Crippen molar-refractivity contribution in [2.45, 2.75) is 26.7 Å². The number of rotatable bonds is 7. The number of aryl methyl sites for hydroxylation is 1. The van der Waals surface area contributed by atoms with Crippen LogP contribution in [0.1, 0.15) is 35.1 Å². The van der Waals surface area contributed by atoms with E-state index in [-0.39, 0.29) is 17.5 Å². The van der Waals surface area contributed by atoms with Crippen LogP contribution in [0.5, 0.6) is 0 Å². The number of hydrogen-bond donors (Lipinski definition) is 1. The predicted octanol–water partition coefficient (Wildman–Crippen LogP) is 3.33. The summed E-state index contributed by atoms with van der Waals surface area (Å²) in [5, 5.41) is 3.92. The number of nitrogens with zero attached hydrogens (tertiary/aromatic N) is 3. The summed E-state index contributed by atoms with van der Waals surface area (Å²) in [7, 11) is 0. The predicted molar refractivity (Wildman–Crippen MR) is 110 cm³/mol. The zero-order valence-electron chi connectivity index (χ0n) is 16.2. The molecular formula is C20H25FN4O2S. The van der Waals surface area contributed by atoms with Crippen LogP contribution < -0.4 is 10.2 Å². The molecule has 1 fully saturated rings. The van der Waals surface area contributed by atoms with Gasteiger partial charge in [-0.3, -0.25) is 9.59 Å². The van der Waals surface area contributed by atoms with Crippen molar-refractivity contribution in [3.63, 3.8) is 0 Å². The molecule has 1 aromatic heterocycles. The number of hydrogen-bond acceptors (Lipinski definition) is 6. The molecule has 6 nitrogen and oxygen atoms in total. The Balaban J connectivity index is 1.38. The number of carbonyl (C=O) groups excluding carboxylic acids is 2. The van der Waals surface area contributed by atoms with Crippen molar-refractivity contribution in [3.05, 3.63) is 40.7 Å². The highest BCUT2D eigenvalue weighted by Crippen LogP contribution is 2.23. The van der Waals surface area contributed by atoms with Crippen LogP contribution in [-0.4, -0.2) is 54.3 Å². The van der Waals surface area contributed by atoms with Crippen molar-refractivity contribution in [3.8, 4) is 0 Å². The highest BCUT2D eigenvalue weighted by atomic mass is 32.1. The third-order valence-electron chi connectivity index (χ3n) is 4.78. The first-order chi connectivity index (χ1) is 13.4. The van der Waals surface area contributed by atoms with Gasteiger partial charge in [-0.25, -0.2) is 9.37 Å². The molecule has 1 aromatic carbocycles. The summed E-state index contributed by atoms with van der Waals surface area (Å²) in [5.74, 6) is -0.0603. The Morgan fingerprint density at radius 1 is 1.18 bits per heavy atom. The van der Waals surface area contributed by atoms with Crippen LogP contribution in [0.4, 0.5) is 15.2 Å². The average Bonchev–Trinajstić information content (AvgIpc) is 3.07. The number of ketones is 1. The standard InChI is InChI=1S/C20H25FN4O2S/c1-14-19(15(2)26)28-20(23-14)22-9-3-4-18(27)25-12-10-24(11-13-25)17-7-5-16(21)6-8-17/h5-8H,3-4,9-13H2,1-2H3,(H,22,23). The van der Waals surface area contributed by atoms with E-state index in [1.165, 1.54) is 23.5 Å². The molecule has 1 aliphatic rings. The van der Waals surface area contributed by atoms with Crippen molar-refractivity contribution in [2.75, 3.05) is 42.9 Å². The smallest absolute Gasteiger partial charge is 0.222 e. The molecule has 8 heteroatoms. The van der Waals surface area contributed by atoms with Gasteiger partial charge in [0.2, 0.25) is 5.91 Å². The maximum absolute atomic E-state index is 13.0. The average molecular weight is 405 g/mol. The minimum atomic E-state index is -0.239. The van der Waals surface area contributed by atoms with E-state index in [1.807, 2.05) is 11.8 Å². The summed E-state index contributed by atoms with van der Waals surface area (Å²) >= 11 is 1.36. The fourth-order valence-corrected chi connectivity index (χ4v) is 4.14. The van der Waals surface area contributed by atoms with E-state index in [0.717, 1.165) is 29.6 Å². The lowest BCUT2D eigenvalue weighted by Crippen LogP contribution is -2.48. The summed E-state index contributed by atoms with van der Waals surface area (Å²) in [6.45, 7) is 6.87. The van der Waals surface area contributed by atoms with Crippen LogP contribution in [0.3, 0.4) is 0 Å². The van der Waals surface area contributed by atoms with Crippen molar-refractivity contribution in [2.24, 2.45) is 0 Å². The van der Waals surface area contributed by atoms with Crippen molar-refractivity contribution in [1.29, 1.82) is 0 Å². The minimum absolute atomic E-state index is 0.0259. The lowest BCUT2D eigenvalue weighted by Gasteiger charge is -2.36. The molecule has 0 radical (unpaired) electrons. The zero-order valence-corrected chi connectivity index (χ0v) is 17.0. The largest absolute Gasteiger partial charge is 0.368 e. The Hall–Kier alpha value is -2.48. The van der Waals surface area contributed by atoms with E-state index in [4.69, 9.17) is 0 Å². The van der Waals surface area contributed by atoms with Crippen molar-refractivity contribution >= 4 is 33.8 Å². The number of piperazine rings is 1. The van der Waals surface area contributed by atoms with Gasteiger partial charge in [0, 0.05) is 51.8 Å². The zero-order chi connectivity index (χ0) is 20.1. The molecule has 150 valence electrons. The number of nitrogens with one attached hydrogen (secondary N) is 1. The fourth-order valence-electron chi connectivity index (χ4n) is 3.26. The first-order valence-electron chi connectivity index (χ1n) is 9.44. The van der Waals surface area contributed by atoms with Gasteiger partial charge in [-0.05, 0) is 37.6 Å². The quantitative estimate of drug-likeness (QED) is 0.566. The summed E-state index contributed by atoms with van der Waals surface area (Å²) in [4.78, 5) is 33.0. The Kier molecular flexibility index (Phi) is 6.61. The first kappa shape index (κ1) is 20.3. The second kappa shape index (κ2) is 9.14. The molecule has 0 atom stereocenters. The maximum atomic E-state index is 13.0. The van der Waals surface area contributed by atoms with Gasteiger partial charge in [0.25, 0.3) is 0 Å². The number of carbonyl (C=O) groups is 2. The molecule has 1 aliphatic heterocycles. The van der Waals surface area contributed by atoms with Gasteiger partial charge >= 0.3 is 0 Å². The number of Topliss-reactive ketones (excluding diaryl/α,β-unsaturated/α-hetero) is 1. The molecule has 0 spiro atoms. The van der Waals surface area contributed by atoms with E-state index < -0.39 is 0 Å². The second-order valence-electron chi connectivity index (χ2n) is 6.86. The van der Waals surface area contributed by atoms with Gasteiger partial charge in [-0.15, -0.1) is 0 Å². The van der Waals surface area contributed by atoms with Gasteiger partial charge < -0.3 is 15.1 Å². The molecule has 1 N–H and O–H groups in total. The van der Waals surface area contributed by atoms with E-state index in [1.54, 1.807) is 19.1 Å². The monoisotopic (exact) mass is 404 g/mol. The van der Waals surface area contributed by atoms with Gasteiger partial charge in [0.05, 0.1) is 10.6 Å². The fraction of sp³-hybridized carbons (Fsp3) is 0.450. The molecule has 0 unspecified atom stereocenters. The molecule has 0 aliphatic carbocycles. The van der Waals surface area contributed by atoms with E-state index in [9.17, 15) is 14.0 Å². The van der Waals surface area contributed by atoms with Crippen LogP contribution >= 0.6 is 11.3 Å². The molecular weight excluding hydrogens is 379 g/mol. The normalized spacial score (nSPS) is 14.2. The highest BCUT2D eigenvalue weighted by Gasteiger charge is 2.21. The number of thiazole rings is 1. The van der Waals surface area contributed by atoms with Gasteiger partial charge in [0.1, 0.15) is 5.82 Å². The SMILES string of the molecule is CC(=O)c1sc(NCCCC(=O)N2CCN(c3ccc(F)cc3)CC2)nc1C. The van der Waals surface area contributed by atoms with Gasteiger partial charge in [-0.1, -0.05) is 11.3 Å². The third-order valence-corrected chi connectivity index (χ3v) is 6.00. The Labute approximate surface area is 168 Å². The number of aromatic nitrogens is 1. The Morgan fingerprint density at radius 2 is 1.86 bits per heavy atom. The molecule has 2 heterocycles. The van der Waals surface area contributed by atoms with Crippen molar-refractivity contribution < 1.29 is 14.0 Å². The van der Waals surface area contributed by atoms with Crippen LogP contribution in [0.2, 0.25) is 0 Å². The lowest BCUT2D eigenvalue weighted by atomic mass is 10.2. The van der Waals surface area contributed by atoms with Gasteiger partial charge in [0.15, 0.2) is 10.9 Å². The lowest BCUT2D eigenvalue weighted by molar-refractivity contribution is -0.131. The van der Waals surface area contributed by atoms with Crippen LogP contribution in [0.25, 0.3) is 0 Å².